The van der Waals surface area contributed by atoms with E-state index in [-0.39, 0.29) is 0 Å². The zero-order valence-corrected chi connectivity index (χ0v) is 8.54. The average Bonchev–Trinajstić information content (AvgIpc) is 2.72. The van der Waals surface area contributed by atoms with Crippen LogP contribution in [0.3, 0.4) is 0 Å². The van der Waals surface area contributed by atoms with E-state index >= 15 is 0 Å². The molecule has 0 spiro atoms. The van der Waals surface area contributed by atoms with Crippen molar-refractivity contribution in [3.8, 4) is 0 Å². The van der Waals surface area contributed by atoms with Gasteiger partial charge in [0.15, 0.2) is 0 Å². The average molecular weight is 201 g/mol. The molecule has 2 unspecified atom stereocenters. The lowest BCUT2D eigenvalue weighted by Gasteiger charge is -2.23. The van der Waals surface area contributed by atoms with Gasteiger partial charge in [0.1, 0.15) is 6.79 Å². The van der Waals surface area contributed by atoms with Gasteiger partial charge in [-0.25, -0.2) is 0 Å². The van der Waals surface area contributed by atoms with Crippen molar-refractivity contribution in [3.05, 3.63) is 0 Å². The van der Waals surface area contributed by atoms with Crippen LogP contribution in [0, 0.1) is 5.92 Å². The number of hydrogen-bond donors (Lipinski definition) is 1. The molecule has 1 N–H and O–H groups in total. The molecule has 2 aliphatic heterocycles. The summed E-state index contributed by atoms with van der Waals surface area (Å²) < 4.78 is 15.8. The summed E-state index contributed by atoms with van der Waals surface area (Å²) in [6.07, 6.45) is 2.54. The fraction of sp³-hybridized carbons (Fsp3) is 1.00. The minimum absolute atomic E-state index is 0.339. The fourth-order valence-corrected chi connectivity index (χ4v) is 1.86. The molecule has 0 aliphatic carbocycles. The molecule has 2 fully saturated rings. The Morgan fingerprint density at radius 3 is 2.71 bits per heavy atom. The van der Waals surface area contributed by atoms with Gasteiger partial charge in [0.25, 0.3) is 0 Å². The molecule has 82 valence electrons. The standard InChI is InChI=1S/C10H19NO3/c1-3-12-7-9(1)5-11-6-10-2-4-13-8-14-10/h9-11H,1-8H2. The van der Waals surface area contributed by atoms with E-state index in [9.17, 15) is 0 Å². The van der Waals surface area contributed by atoms with E-state index < -0.39 is 0 Å². The van der Waals surface area contributed by atoms with Gasteiger partial charge < -0.3 is 19.5 Å². The third-order valence-corrected chi connectivity index (χ3v) is 2.80. The van der Waals surface area contributed by atoms with Crippen LogP contribution in [0.25, 0.3) is 0 Å². The molecular weight excluding hydrogens is 182 g/mol. The van der Waals surface area contributed by atoms with Gasteiger partial charge in [-0.3, -0.25) is 0 Å². The van der Waals surface area contributed by atoms with E-state index in [4.69, 9.17) is 14.2 Å². The van der Waals surface area contributed by atoms with E-state index in [0.717, 1.165) is 39.3 Å². The highest BCUT2D eigenvalue weighted by Crippen LogP contribution is 2.11. The van der Waals surface area contributed by atoms with E-state index in [2.05, 4.69) is 5.32 Å². The highest BCUT2D eigenvalue weighted by molar-refractivity contribution is 4.69. The van der Waals surface area contributed by atoms with Crippen LogP contribution in [0.4, 0.5) is 0 Å². The zero-order chi connectivity index (χ0) is 9.64. The molecule has 0 saturated carbocycles. The fourth-order valence-electron chi connectivity index (χ4n) is 1.86. The van der Waals surface area contributed by atoms with Gasteiger partial charge in [-0.15, -0.1) is 0 Å². The maximum atomic E-state index is 5.43. The molecule has 0 aromatic rings. The monoisotopic (exact) mass is 201 g/mol. The highest BCUT2D eigenvalue weighted by Gasteiger charge is 2.17. The normalized spacial score (nSPS) is 33.4. The molecule has 2 saturated heterocycles. The predicted molar refractivity (Wildman–Crippen MR) is 52.1 cm³/mol. The maximum Gasteiger partial charge on any atom is 0.147 e. The van der Waals surface area contributed by atoms with Crippen LogP contribution in [-0.2, 0) is 14.2 Å². The summed E-state index contributed by atoms with van der Waals surface area (Å²) in [4.78, 5) is 0. The van der Waals surface area contributed by atoms with Crippen molar-refractivity contribution in [3.63, 3.8) is 0 Å². The van der Waals surface area contributed by atoms with Gasteiger partial charge >= 0.3 is 0 Å². The lowest BCUT2D eigenvalue weighted by Crippen LogP contribution is -2.36. The van der Waals surface area contributed by atoms with Crippen molar-refractivity contribution in [1.29, 1.82) is 0 Å². The molecule has 0 aromatic carbocycles. The van der Waals surface area contributed by atoms with E-state index in [1.165, 1.54) is 6.42 Å². The van der Waals surface area contributed by atoms with E-state index in [0.29, 0.717) is 18.8 Å². The van der Waals surface area contributed by atoms with Crippen molar-refractivity contribution < 1.29 is 14.2 Å². The van der Waals surface area contributed by atoms with Crippen LogP contribution in [0.2, 0.25) is 0 Å². The Labute approximate surface area is 84.9 Å². The number of ether oxygens (including phenoxy) is 3. The Hall–Kier alpha value is -0.160. The Bertz CT molecular complexity index is 153. The summed E-state index contributed by atoms with van der Waals surface area (Å²) in [6, 6.07) is 0. The Morgan fingerprint density at radius 1 is 1.07 bits per heavy atom. The second-order valence-electron chi connectivity index (χ2n) is 3.99. The van der Waals surface area contributed by atoms with Crippen molar-refractivity contribution in [2.24, 2.45) is 5.92 Å². The third-order valence-electron chi connectivity index (χ3n) is 2.80. The van der Waals surface area contributed by atoms with Crippen molar-refractivity contribution in [2.45, 2.75) is 18.9 Å². The molecule has 2 heterocycles. The van der Waals surface area contributed by atoms with Gasteiger partial charge in [-0.1, -0.05) is 0 Å². The van der Waals surface area contributed by atoms with Crippen LogP contribution in [0.5, 0.6) is 0 Å². The number of hydrogen-bond acceptors (Lipinski definition) is 4. The smallest absolute Gasteiger partial charge is 0.147 e. The quantitative estimate of drug-likeness (QED) is 0.713. The Kier molecular flexibility index (Phi) is 4.19. The third kappa shape index (κ3) is 3.20. The molecule has 0 radical (unpaired) electrons. The molecular formula is C10H19NO3. The van der Waals surface area contributed by atoms with Gasteiger partial charge in [0, 0.05) is 19.7 Å². The van der Waals surface area contributed by atoms with E-state index in [1.54, 1.807) is 0 Å². The first-order valence-electron chi connectivity index (χ1n) is 5.43. The summed E-state index contributed by atoms with van der Waals surface area (Å²) in [5.41, 5.74) is 0. The first kappa shape index (κ1) is 10.4. The lowest BCUT2D eigenvalue weighted by molar-refractivity contribution is -0.137. The molecule has 14 heavy (non-hydrogen) atoms. The Balaban J connectivity index is 1.52. The summed E-state index contributed by atoms with van der Waals surface area (Å²) in [6.45, 7) is 5.14. The summed E-state index contributed by atoms with van der Waals surface area (Å²) in [5, 5.41) is 3.44. The second-order valence-corrected chi connectivity index (χ2v) is 3.99. The highest BCUT2D eigenvalue weighted by atomic mass is 16.7. The molecule has 4 nitrogen and oxygen atoms in total. The number of nitrogens with one attached hydrogen (secondary N) is 1. The van der Waals surface area contributed by atoms with Crippen molar-refractivity contribution in [1.82, 2.24) is 5.32 Å². The van der Waals surface area contributed by atoms with Crippen LogP contribution in [-0.4, -0.2) is 45.8 Å². The molecule has 0 aromatic heterocycles. The second kappa shape index (κ2) is 5.66. The maximum absolute atomic E-state index is 5.43. The minimum Gasteiger partial charge on any atom is -0.381 e. The largest absolute Gasteiger partial charge is 0.381 e. The van der Waals surface area contributed by atoms with E-state index in [1.807, 2.05) is 0 Å². The van der Waals surface area contributed by atoms with Crippen LogP contribution >= 0.6 is 0 Å². The molecule has 2 atom stereocenters. The van der Waals surface area contributed by atoms with Gasteiger partial charge in [0.05, 0.1) is 19.3 Å². The molecule has 4 heteroatoms. The SMILES string of the molecule is C1CC(CNCC2CCOC2)OCO1. The lowest BCUT2D eigenvalue weighted by atomic mass is 10.1. The van der Waals surface area contributed by atoms with Gasteiger partial charge in [0.2, 0.25) is 0 Å². The van der Waals surface area contributed by atoms with Crippen LogP contribution in [0.1, 0.15) is 12.8 Å². The van der Waals surface area contributed by atoms with Gasteiger partial charge in [-0.05, 0) is 18.8 Å². The topological polar surface area (TPSA) is 39.7 Å². The van der Waals surface area contributed by atoms with Gasteiger partial charge in [-0.2, -0.15) is 0 Å². The summed E-state index contributed by atoms with van der Waals surface area (Å²) in [7, 11) is 0. The van der Waals surface area contributed by atoms with Crippen molar-refractivity contribution in [2.75, 3.05) is 39.7 Å². The number of rotatable bonds is 4. The Morgan fingerprint density at radius 2 is 2.00 bits per heavy atom. The van der Waals surface area contributed by atoms with Crippen molar-refractivity contribution >= 4 is 0 Å². The molecule has 0 bridgehead atoms. The predicted octanol–water partition coefficient (Wildman–Crippen LogP) is 0.375. The molecule has 2 aliphatic rings. The summed E-state index contributed by atoms with van der Waals surface area (Å²) >= 11 is 0. The molecule has 2 rings (SSSR count). The molecule has 0 amide bonds. The first-order valence-corrected chi connectivity index (χ1v) is 5.43. The first-order chi connectivity index (χ1) is 6.95. The summed E-state index contributed by atoms with van der Waals surface area (Å²) in [5.74, 6) is 0.704. The van der Waals surface area contributed by atoms with Crippen LogP contribution in [0.15, 0.2) is 0 Å². The van der Waals surface area contributed by atoms with Crippen LogP contribution < -0.4 is 5.32 Å². The zero-order valence-electron chi connectivity index (χ0n) is 8.54. The minimum atomic E-state index is 0.339.